The maximum absolute atomic E-state index is 6.38. The highest BCUT2D eigenvalue weighted by molar-refractivity contribution is 6.31. The molecule has 2 fully saturated rings. The Balaban J connectivity index is 1.69. The van der Waals surface area contributed by atoms with Crippen LogP contribution >= 0.6 is 11.6 Å². The van der Waals surface area contributed by atoms with Gasteiger partial charge in [0.15, 0.2) is 0 Å². The van der Waals surface area contributed by atoms with Crippen LogP contribution in [0.3, 0.4) is 0 Å². The number of hydrogen-bond acceptors (Lipinski definition) is 3. The summed E-state index contributed by atoms with van der Waals surface area (Å²) >= 11 is 6.38. The van der Waals surface area contributed by atoms with Crippen molar-refractivity contribution in [3.63, 3.8) is 0 Å². The number of rotatable bonds is 3. The minimum atomic E-state index is 0.554. The fourth-order valence-electron chi connectivity index (χ4n) is 3.61. The van der Waals surface area contributed by atoms with E-state index in [0.29, 0.717) is 6.54 Å². The van der Waals surface area contributed by atoms with Crippen molar-refractivity contribution in [2.45, 2.75) is 44.4 Å². The summed E-state index contributed by atoms with van der Waals surface area (Å²) in [4.78, 5) is 5.14. The Kier molecular flexibility index (Phi) is 4.32. The van der Waals surface area contributed by atoms with Gasteiger partial charge in [-0.15, -0.1) is 0 Å². The Bertz CT molecular complexity index is 477. The number of fused-ring (bicyclic) bond motifs is 2. The zero-order valence-electron chi connectivity index (χ0n) is 12.2. The summed E-state index contributed by atoms with van der Waals surface area (Å²) in [5.41, 5.74) is 7.99. The lowest BCUT2D eigenvalue weighted by Crippen LogP contribution is -2.36. The van der Waals surface area contributed by atoms with Crippen LogP contribution in [0.15, 0.2) is 18.2 Å². The summed E-state index contributed by atoms with van der Waals surface area (Å²) in [5, 5.41) is 0.857. The molecule has 0 aliphatic carbocycles. The van der Waals surface area contributed by atoms with Gasteiger partial charge in [-0.3, -0.25) is 9.80 Å². The number of halogens is 1. The molecule has 20 heavy (non-hydrogen) atoms. The van der Waals surface area contributed by atoms with Crippen LogP contribution in [0.2, 0.25) is 5.02 Å². The molecule has 110 valence electrons. The maximum atomic E-state index is 6.38. The first-order valence-electron chi connectivity index (χ1n) is 7.59. The van der Waals surface area contributed by atoms with Gasteiger partial charge < -0.3 is 5.73 Å². The van der Waals surface area contributed by atoms with Crippen molar-refractivity contribution in [2.24, 2.45) is 5.73 Å². The molecule has 2 saturated heterocycles. The summed E-state index contributed by atoms with van der Waals surface area (Å²) < 4.78 is 0. The molecule has 2 N–H and O–H groups in total. The van der Waals surface area contributed by atoms with E-state index in [1.54, 1.807) is 0 Å². The number of nitrogens with zero attached hydrogens (tertiary/aromatic N) is 2. The zero-order valence-corrected chi connectivity index (χ0v) is 12.9. The first-order chi connectivity index (χ1) is 9.67. The number of benzene rings is 1. The Morgan fingerprint density at radius 1 is 1.25 bits per heavy atom. The third kappa shape index (κ3) is 2.86. The van der Waals surface area contributed by atoms with E-state index in [1.165, 1.54) is 37.9 Å². The van der Waals surface area contributed by atoms with Gasteiger partial charge in [-0.05, 0) is 43.5 Å². The van der Waals surface area contributed by atoms with E-state index in [0.717, 1.165) is 29.2 Å². The molecule has 4 heteroatoms. The van der Waals surface area contributed by atoms with Crippen LogP contribution in [0.25, 0.3) is 0 Å². The average molecular weight is 294 g/mol. The first-order valence-corrected chi connectivity index (χ1v) is 7.97. The van der Waals surface area contributed by atoms with E-state index in [4.69, 9.17) is 17.3 Å². The quantitative estimate of drug-likeness (QED) is 0.929. The van der Waals surface area contributed by atoms with Crippen molar-refractivity contribution >= 4 is 11.6 Å². The zero-order chi connectivity index (χ0) is 14.1. The minimum Gasteiger partial charge on any atom is -0.326 e. The summed E-state index contributed by atoms with van der Waals surface area (Å²) in [6, 6.07) is 7.76. The standard InChI is InChI=1S/C16H24ClN3/c1-19-14-4-5-15(19)11-20(7-6-14)10-13-3-2-12(9-18)8-16(13)17/h2-3,8,14-15H,4-7,9-11,18H2,1H3. The smallest absolute Gasteiger partial charge is 0.0454 e. The fraction of sp³-hybridized carbons (Fsp3) is 0.625. The van der Waals surface area contributed by atoms with Gasteiger partial charge in [-0.1, -0.05) is 23.7 Å². The predicted molar refractivity (Wildman–Crippen MR) is 83.8 cm³/mol. The molecule has 2 aliphatic rings. The van der Waals surface area contributed by atoms with Gasteiger partial charge in [-0.2, -0.15) is 0 Å². The molecule has 1 aromatic carbocycles. The summed E-state index contributed by atoms with van der Waals surface area (Å²) in [6.45, 7) is 3.86. The van der Waals surface area contributed by atoms with Crippen molar-refractivity contribution in [1.29, 1.82) is 0 Å². The second-order valence-corrected chi connectivity index (χ2v) is 6.61. The summed E-state index contributed by atoms with van der Waals surface area (Å²) in [7, 11) is 2.29. The molecular weight excluding hydrogens is 270 g/mol. The van der Waals surface area contributed by atoms with Crippen molar-refractivity contribution in [3.8, 4) is 0 Å². The number of hydrogen-bond donors (Lipinski definition) is 1. The van der Waals surface area contributed by atoms with Crippen LogP contribution in [0.4, 0.5) is 0 Å². The molecule has 0 amide bonds. The van der Waals surface area contributed by atoms with Crippen LogP contribution in [0.1, 0.15) is 30.4 Å². The van der Waals surface area contributed by atoms with Gasteiger partial charge in [0.25, 0.3) is 0 Å². The van der Waals surface area contributed by atoms with Gasteiger partial charge in [0.1, 0.15) is 0 Å². The predicted octanol–water partition coefficient (Wildman–Crippen LogP) is 2.47. The Morgan fingerprint density at radius 2 is 2.05 bits per heavy atom. The normalized spacial score (nSPS) is 27.8. The molecule has 2 bridgehead atoms. The van der Waals surface area contributed by atoms with Crippen molar-refractivity contribution in [2.75, 3.05) is 20.1 Å². The lowest BCUT2D eigenvalue weighted by molar-refractivity contribution is 0.214. The lowest BCUT2D eigenvalue weighted by Gasteiger charge is -2.26. The molecule has 0 aromatic heterocycles. The van der Waals surface area contributed by atoms with Crippen molar-refractivity contribution in [1.82, 2.24) is 9.80 Å². The molecular formula is C16H24ClN3. The summed E-state index contributed by atoms with van der Waals surface area (Å²) in [6.07, 6.45) is 4.00. The van der Waals surface area contributed by atoms with Crippen molar-refractivity contribution in [3.05, 3.63) is 34.3 Å². The van der Waals surface area contributed by atoms with E-state index >= 15 is 0 Å². The first kappa shape index (κ1) is 14.3. The molecule has 1 aromatic rings. The molecule has 2 heterocycles. The topological polar surface area (TPSA) is 32.5 Å². The van der Waals surface area contributed by atoms with Gasteiger partial charge in [0.05, 0.1) is 0 Å². The average Bonchev–Trinajstić information content (AvgIpc) is 2.69. The van der Waals surface area contributed by atoms with Gasteiger partial charge in [0.2, 0.25) is 0 Å². The van der Waals surface area contributed by atoms with Gasteiger partial charge in [-0.25, -0.2) is 0 Å². The number of likely N-dealkylation sites (N-methyl/N-ethyl adjacent to an activating group) is 1. The highest BCUT2D eigenvalue weighted by Gasteiger charge is 2.34. The highest BCUT2D eigenvalue weighted by atomic mass is 35.5. The minimum absolute atomic E-state index is 0.554. The monoisotopic (exact) mass is 293 g/mol. The van der Waals surface area contributed by atoms with E-state index in [9.17, 15) is 0 Å². The van der Waals surface area contributed by atoms with Crippen LogP contribution in [-0.2, 0) is 13.1 Å². The molecule has 2 aliphatic heterocycles. The Labute approximate surface area is 126 Å². The maximum Gasteiger partial charge on any atom is 0.0454 e. The van der Waals surface area contributed by atoms with Crippen LogP contribution in [-0.4, -0.2) is 42.0 Å². The number of likely N-dealkylation sites (tertiary alicyclic amines) is 1. The lowest BCUT2D eigenvalue weighted by atomic mass is 10.1. The molecule has 2 unspecified atom stereocenters. The van der Waals surface area contributed by atoms with E-state index in [2.05, 4.69) is 29.0 Å². The van der Waals surface area contributed by atoms with Crippen LogP contribution in [0, 0.1) is 0 Å². The third-order valence-corrected chi connectivity index (χ3v) is 5.33. The van der Waals surface area contributed by atoms with Gasteiger partial charge >= 0.3 is 0 Å². The second kappa shape index (κ2) is 6.02. The molecule has 3 nitrogen and oxygen atoms in total. The van der Waals surface area contributed by atoms with Crippen LogP contribution in [0.5, 0.6) is 0 Å². The second-order valence-electron chi connectivity index (χ2n) is 6.20. The molecule has 0 spiro atoms. The molecule has 3 rings (SSSR count). The molecule has 0 radical (unpaired) electrons. The SMILES string of the molecule is CN1C2CCC1CN(Cc1ccc(CN)cc1Cl)CC2. The van der Waals surface area contributed by atoms with E-state index in [-0.39, 0.29) is 0 Å². The summed E-state index contributed by atoms with van der Waals surface area (Å²) in [5.74, 6) is 0. The van der Waals surface area contributed by atoms with Crippen LogP contribution < -0.4 is 5.73 Å². The van der Waals surface area contributed by atoms with E-state index < -0.39 is 0 Å². The molecule has 2 atom stereocenters. The van der Waals surface area contributed by atoms with Crippen molar-refractivity contribution < 1.29 is 0 Å². The van der Waals surface area contributed by atoms with E-state index in [1.807, 2.05) is 6.07 Å². The Morgan fingerprint density at radius 3 is 2.80 bits per heavy atom. The third-order valence-electron chi connectivity index (χ3n) is 4.98. The highest BCUT2D eigenvalue weighted by Crippen LogP contribution is 2.29. The largest absolute Gasteiger partial charge is 0.326 e. The Hall–Kier alpha value is -0.610. The molecule has 0 saturated carbocycles. The number of nitrogens with two attached hydrogens (primary N) is 1. The van der Waals surface area contributed by atoms with Gasteiger partial charge in [0, 0.05) is 43.3 Å². The fourth-order valence-corrected chi connectivity index (χ4v) is 3.87.